The first-order valence-electron chi connectivity index (χ1n) is 13.5. The Morgan fingerprint density at radius 1 is 0.762 bits per heavy atom. The van der Waals surface area contributed by atoms with Crippen molar-refractivity contribution >= 4 is 0 Å². The third kappa shape index (κ3) is 7.85. The van der Waals surface area contributed by atoms with Crippen LogP contribution in [-0.2, 0) is 28.4 Å². The number of aliphatic hydroxyl groups is 12. The summed E-state index contributed by atoms with van der Waals surface area (Å²) in [4.78, 5) is 0. The number of hydrogen-bond acceptors (Lipinski definition) is 18. The van der Waals surface area contributed by atoms with E-state index in [1.165, 1.54) is 6.92 Å². The van der Waals surface area contributed by atoms with Crippen molar-refractivity contribution < 1.29 is 89.7 Å². The molecule has 3 saturated heterocycles. The monoisotopic (exact) mass is 618 g/mol. The van der Waals surface area contributed by atoms with Crippen LogP contribution in [0.3, 0.4) is 0 Å². The van der Waals surface area contributed by atoms with Crippen molar-refractivity contribution in [2.24, 2.45) is 0 Å². The van der Waals surface area contributed by atoms with E-state index < -0.39 is 130 Å². The molecule has 0 aromatic rings. The summed E-state index contributed by atoms with van der Waals surface area (Å²) in [6, 6.07) is 0. The zero-order valence-electron chi connectivity index (χ0n) is 22.7. The standard InChI is InChI=1S/C24H42O18/c1-8-13(29)16(32)18(34)23(38-8)42-20-10(3-5-37-12(20)7-27)39-24-19(35)21(15(31)11(6-26)40-24)41-22(36)17(33)14(30)9(28)2-4-25/h8-13,15-16,18-36H,2-7H2,1H3/b17-14+. The summed E-state index contributed by atoms with van der Waals surface area (Å²) >= 11 is 0. The lowest BCUT2D eigenvalue weighted by atomic mass is 9.97. The normalized spacial score (nSPS) is 43.5. The highest BCUT2D eigenvalue weighted by Crippen LogP contribution is 2.32. The van der Waals surface area contributed by atoms with Crippen LogP contribution in [0.5, 0.6) is 0 Å². The molecule has 0 saturated carbocycles. The van der Waals surface area contributed by atoms with Crippen molar-refractivity contribution in [1.29, 1.82) is 0 Å². The fourth-order valence-corrected chi connectivity index (χ4v) is 4.86. The molecule has 3 aliphatic heterocycles. The van der Waals surface area contributed by atoms with E-state index >= 15 is 0 Å². The Balaban J connectivity index is 1.78. The van der Waals surface area contributed by atoms with Crippen molar-refractivity contribution in [2.45, 2.75) is 112 Å². The van der Waals surface area contributed by atoms with Crippen molar-refractivity contribution in [1.82, 2.24) is 0 Å². The summed E-state index contributed by atoms with van der Waals surface area (Å²) < 4.78 is 33.4. The first-order chi connectivity index (χ1) is 19.9. The SMILES string of the molecule is CC1OC(OC2C(CO)OCCC2OC2OC(CO)C(O)C(OC(O)/C(O)=C(\O)C(O)CCO)C2O)C(O)C(O)C1O. The molecule has 0 radical (unpaired) electrons. The van der Waals surface area contributed by atoms with Gasteiger partial charge in [-0.3, -0.25) is 0 Å². The van der Waals surface area contributed by atoms with Crippen molar-refractivity contribution in [2.75, 3.05) is 26.4 Å². The molecule has 18 nitrogen and oxygen atoms in total. The van der Waals surface area contributed by atoms with Gasteiger partial charge in [0.25, 0.3) is 0 Å². The van der Waals surface area contributed by atoms with E-state index in [4.69, 9.17) is 33.5 Å². The summed E-state index contributed by atoms with van der Waals surface area (Å²) in [5.74, 6) is -2.40. The van der Waals surface area contributed by atoms with Crippen LogP contribution in [0, 0.1) is 0 Å². The van der Waals surface area contributed by atoms with Gasteiger partial charge in [0, 0.05) is 19.6 Å². The minimum Gasteiger partial charge on any atom is -0.506 e. The van der Waals surface area contributed by atoms with E-state index in [1.807, 2.05) is 0 Å². The molecular weight excluding hydrogens is 576 g/mol. The maximum Gasteiger partial charge on any atom is 0.218 e. The van der Waals surface area contributed by atoms with E-state index in [1.54, 1.807) is 0 Å². The maximum atomic E-state index is 11.0. The second-order valence-electron chi connectivity index (χ2n) is 10.3. The second kappa shape index (κ2) is 15.6. The Hall–Kier alpha value is -1.30. The highest BCUT2D eigenvalue weighted by atomic mass is 16.7. The van der Waals surface area contributed by atoms with Gasteiger partial charge in [-0.2, -0.15) is 0 Å². The van der Waals surface area contributed by atoms with E-state index in [2.05, 4.69) is 0 Å². The van der Waals surface area contributed by atoms with E-state index in [0.717, 1.165) is 0 Å². The van der Waals surface area contributed by atoms with Crippen LogP contribution in [-0.4, -0.2) is 180 Å². The van der Waals surface area contributed by atoms with Gasteiger partial charge in [-0.1, -0.05) is 0 Å². The fourth-order valence-electron chi connectivity index (χ4n) is 4.86. The summed E-state index contributed by atoms with van der Waals surface area (Å²) in [5, 5.41) is 121. The summed E-state index contributed by atoms with van der Waals surface area (Å²) in [7, 11) is 0. The van der Waals surface area contributed by atoms with Gasteiger partial charge in [0.15, 0.2) is 24.1 Å². The molecule has 0 bridgehead atoms. The van der Waals surface area contributed by atoms with E-state index in [9.17, 15) is 56.2 Å². The molecule has 0 amide bonds. The molecule has 42 heavy (non-hydrogen) atoms. The molecule has 18 heteroatoms. The van der Waals surface area contributed by atoms with Crippen LogP contribution in [0.4, 0.5) is 0 Å². The number of aliphatic hydroxyl groups excluding tert-OH is 12. The van der Waals surface area contributed by atoms with Gasteiger partial charge >= 0.3 is 0 Å². The molecule has 3 aliphatic rings. The van der Waals surface area contributed by atoms with Crippen molar-refractivity contribution in [3.8, 4) is 0 Å². The molecule has 15 unspecified atom stereocenters. The van der Waals surface area contributed by atoms with Gasteiger partial charge < -0.3 is 89.7 Å². The second-order valence-corrected chi connectivity index (χ2v) is 10.3. The van der Waals surface area contributed by atoms with Gasteiger partial charge in [0.2, 0.25) is 6.29 Å². The highest BCUT2D eigenvalue weighted by molar-refractivity contribution is 5.07. The average molecular weight is 619 g/mol. The van der Waals surface area contributed by atoms with Gasteiger partial charge in [-0.25, -0.2) is 0 Å². The predicted molar refractivity (Wildman–Crippen MR) is 132 cm³/mol. The number of rotatable bonds is 12. The summed E-state index contributed by atoms with van der Waals surface area (Å²) in [6.45, 7) is -0.505. The molecule has 0 aliphatic carbocycles. The molecule has 3 fully saturated rings. The lowest BCUT2D eigenvalue weighted by molar-refractivity contribution is -0.360. The molecule has 3 heterocycles. The van der Waals surface area contributed by atoms with Crippen molar-refractivity contribution in [3.05, 3.63) is 11.5 Å². The predicted octanol–water partition coefficient (Wildman–Crippen LogP) is -5.42. The quantitative estimate of drug-likeness (QED) is 0.0717. The highest BCUT2D eigenvalue weighted by Gasteiger charge is 2.51. The van der Waals surface area contributed by atoms with Crippen LogP contribution in [0.25, 0.3) is 0 Å². The lowest BCUT2D eigenvalue weighted by Crippen LogP contribution is -2.63. The van der Waals surface area contributed by atoms with Gasteiger partial charge in [-0.15, -0.1) is 0 Å². The third-order valence-electron chi connectivity index (χ3n) is 7.38. The Kier molecular flexibility index (Phi) is 13.1. The Bertz CT molecular complexity index is 861. The first-order valence-corrected chi connectivity index (χ1v) is 13.5. The topological polar surface area (TPSA) is 298 Å². The van der Waals surface area contributed by atoms with E-state index in [-0.39, 0.29) is 13.0 Å². The third-order valence-corrected chi connectivity index (χ3v) is 7.38. The smallest absolute Gasteiger partial charge is 0.218 e. The molecule has 246 valence electrons. The van der Waals surface area contributed by atoms with Crippen LogP contribution < -0.4 is 0 Å². The molecule has 3 rings (SSSR count). The molecule has 0 spiro atoms. The Morgan fingerprint density at radius 2 is 1.40 bits per heavy atom. The number of hydrogen-bond donors (Lipinski definition) is 12. The average Bonchev–Trinajstić information content (AvgIpc) is 2.97. The number of ether oxygens (including phenoxy) is 6. The zero-order valence-corrected chi connectivity index (χ0v) is 22.7. The Morgan fingerprint density at radius 3 is 2.02 bits per heavy atom. The summed E-state index contributed by atoms with van der Waals surface area (Å²) in [5.41, 5.74) is 0. The molecular formula is C24H42O18. The fraction of sp³-hybridized carbons (Fsp3) is 0.917. The van der Waals surface area contributed by atoms with Gasteiger partial charge in [0.1, 0.15) is 61.0 Å². The molecule has 15 atom stereocenters. The minimum absolute atomic E-state index is 0.0309. The molecule has 12 N–H and O–H groups in total. The van der Waals surface area contributed by atoms with Crippen LogP contribution in [0.2, 0.25) is 0 Å². The van der Waals surface area contributed by atoms with Crippen LogP contribution >= 0.6 is 0 Å². The van der Waals surface area contributed by atoms with E-state index in [0.29, 0.717) is 0 Å². The zero-order chi connectivity index (χ0) is 31.3. The van der Waals surface area contributed by atoms with Crippen molar-refractivity contribution in [3.63, 3.8) is 0 Å². The van der Waals surface area contributed by atoms with Crippen LogP contribution in [0.15, 0.2) is 11.5 Å². The van der Waals surface area contributed by atoms with Gasteiger partial charge in [-0.05, 0) is 13.3 Å². The molecule has 0 aromatic carbocycles. The van der Waals surface area contributed by atoms with Crippen LogP contribution in [0.1, 0.15) is 19.8 Å². The summed E-state index contributed by atoms with van der Waals surface area (Å²) in [6.07, 6.45) is -23.7. The minimum atomic E-state index is -2.39. The first kappa shape index (κ1) is 35.2. The van der Waals surface area contributed by atoms with Gasteiger partial charge in [0.05, 0.1) is 25.4 Å². The Labute approximate surface area is 240 Å². The maximum absolute atomic E-state index is 11.0. The largest absolute Gasteiger partial charge is 0.506 e. The lowest BCUT2D eigenvalue weighted by Gasteiger charge is -2.46. The molecule has 0 aromatic heterocycles.